The number of halogens is 1. The first-order valence-electron chi connectivity index (χ1n) is 8.66. The Bertz CT molecular complexity index is 895. The molecule has 0 heterocycles. The number of hydrogen-bond acceptors (Lipinski definition) is 3. The fourth-order valence-electron chi connectivity index (χ4n) is 2.57. The summed E-state index contributed by atoms with van der Waals surface area (Å²) < 4.78 is 10.9. The van der Waals surface area contributed by atoms with E-state index in [2.05, 4.69) is 5.32 Å². The zero-order valence-electron chi connectivity index (χ0n) is 14.9. The summed E-state index contributed by atoms with van der Waals surface area (Å²) in [7, 11) is 0. The van der Waals surface area contributed by atoms with E-state index in [0.717, 1.165) is 16.9 Å². The number of hydrogen-bond donors (Lipinski definition) is 1. The normalized spacial score (nSPS) is 10.3. The van der Waals surface area contributed by atoms with E-state index in [-0.39, 0.29) is 12.5 Å². The Balaban J connectivity index is 1.57. The van der Waals surface area contributed by atoms with Crippen LogP contribution in [0.15, 0.2) is 72.8 Å². The maximum absolute atomic E-state index is 12.1. The molecule has 0 aromatic heterocycles. The van der Waals surface area contributed by atoms with E-state index in [4.69, 9.17) is 21.1 Å². The Morgan fingerprint density at radius 3 is 2.33 bits per heavy atom. The number of carbonyl (C=O) groups excluding carboxylic acids is 1. The first-order chi connectivity index (χ1) is 13.2. The lowest BCUT2D eigenvalue weighted by atomic mass is 10.1. The SMILES string of the molecule is CCOc1ccc(NC(=O)COc2ccc(-c3ccccc3)cc2Cl)cc1. The highest BCUT2D eigenvalue weighted by atomic mass is 35.5. The van der Waals surface area contributed by atoms with Crippen LogP contribution in [0.4, 0.5) is 5.69 Å². The number of carbonyl (C=O) groups is 1. The van der Waals surface area contributed by atoms with Crippen LogP contribution >= 0.6 is 11.6 Å². The zero-order chi connectivity index (χ0) is 19.1. The molecule has 0 aliphatic carbocycles. The van der Waals surface area contributed by atoms with Crippen LogP contribution in [0.2, 0.25) is 5.02 Å². The highest BCUT2D eigenvalue weighted by Crippen LogP contribution is 2.30. The fraction of sp³-hybridized carbons (Fsp3) is 0.136. The third-order valence-electron chi connectivity index (χ3n) is 3.85. The Hall–Kier alpha value is -2.98. The summed E-state index contributed by atoms with van der Waals surface area (Å²) in [5.74, 6) is 0.970. The minimum atomic E-state index is -0.262. The van der Waals surface area contributed by atoms with Crippen molar-refractivity contribution in [2.24, 2.45) is 0 Å². The molecule has 0 spiro atoms. The van der Waals surface area contributed by atoms with Gasteiger partial charge in [0.2, 0.25) is 0 Å². The lowest BCUT2D eigenvalue weighted by Gasteiger charge is -2.11. The Morgan fingerprint density at radius 2 is 1.67 bits per heavy atom. The first-order valence-corrected chi connectivity index (χ1v) is 9.04. The quantitative estimate of drug-likeness (QED) is 0.594. The standard InChI is InChI=1S/C22H20ClNO3/c1-2-26-19-11-9-18(10-12-19)24-22(25)15-27-21-13-8-17(14-20(21)23)16-6-4-3-5-7-16/h3-14H,2,15H2,1H3,(H,24,25). The van der Waals surface area contributed by atoms with Gasteiger partial charge in [-0.2, -0.15) is 0 Å². The summed E-state index contributed by atoms with van der Waals surface area (Å²) in [5, 5.41) is 3.24. The summed E-state index contributed by atoms with van der Waals surface area (Å²) in [5.41, 5.74) is 2.74. The van der Waals surface area contributed by atoms with Crippen molar-refractivity contribution < 1.29 is 14.3 Å². The van der Waals surface area contributed by atoms with Gasteiger partial charge in [0, 0.05) is 5.69 Å². The van der Waals surface area contributed by atoms with Crippen molar-refractivity contribution in [2.45, 2.75) is 6.92 Å². The van der Waals surface area contributed by atoms with Crippen molar-refractivity contribution in [1.82, 2.24) is 0 Å². The molecule has 138 valence electrons. The van der Waals surface area contributed by atoms with Gasteiger partial charge in [0.15, 0.2) is 6.61 Å². The van der Waals surface area contributed by atoms with Gasteiger partial charge < -0.3 is 14.8 Å². The highest BCUT2D eigenvalue weighted by molar-refractivity contribution is 6.32. The van der Waals surface area contributed by atoms with Gasteiger partial charge in [0.1, 0.15) is 11.5 Å². The molecule has 3 aromatic carbocycles. The van der Waals surface area contributed by atoms with Gasteiger partial charge in [-0.1, -0.05) is 48.0 Å². The van der Waals surface area contributed by atoms with Crippen molar-refractivity contribution in [1.29, 1.82) is 0 Å². The topological polar surface area (TPSA) is 47.6 Å². The third-order valence-corrected chi connectivity index (χ3v) is 4.14. The molecular formula is C22H20ClNO3. The second-order valence-corrected chi connectivity index (χ2v) is 6.21. The van der Waals surface area contributed by atoms with Gasteiger partial charge in [0.05, 0.1) is 11.6 Å². The summed E-state index contributed by atoms with van der Waals surface area (Å²) in [6, 6.07) is 22.6. The van der Waals surface area contributed by atoms with Crippen LogP contribution < -0.4 is 14.8 Å². The Kier molecular flexibility index (Phi) is 6.34. The van der Waals surface area contributed by atoms with Crippen LogP contribution in [0.25, 0.3) is 11.1 Å². The van der Waals surface area contributed by atoms with Crippen molar-refractivity contribution in [3.63, 3.8) is 0 Å². The molecule has 1 amide bonds. The van der Waals surface area contributed by atoms with Gasteiger partial charge in [-0.3, -0.25) is 4.79 Å². The van der Waals surface area contributed by atoms with E-state index in [1.165, 1.54) is 0 Å². The van der Waals surface area contributed by atoms with Crippen molar-refractivity contribution >= 4 is 23.2 Å². The number of nitrogens with one attached hydrogen (secondary N) is 1. The molecule has 0 aliphatic rings. The summed E-state index contributed by atoms with van der Waals surface area (Å²) in [6.07, 6.45) is 0. The molecule has 0 bridgehead atoms. The minimum Gasteiger partial charge on any atom is -0.494 e. The maximum Gasteiger partial charge on any atom is 0.262 e. The number of amides is 1. The van der Waals surface area contributed by atoms with Crippen LogP contribution in [0.1, 0.15) is 6.92 Å². The van der Waals surface area contributed by atoms with E-state index >= 15 is 0 Å². The number of anilines is 1. The second kappa shape index (κ2) is 9.10. The summed E-state index contributed by atoms with van der Waals surface area (Å²) in [4.78, 5) is 12.1. The van der Waals surface area contributed by atoms with Crippen molar-refractivity contribution in [2.75, 3.05) is 18.5 Å². The Labute approximate surface area is 163 Å². The Morgan fingerprint density at radius 1 is 0.926 bits per heavy atom. The minimum absolute atomic E-state index is 0.127. The number of benzene rings is 3. The first kappa shape index (κ1) is 18.8. The maximum atomic E-state index is 12.1. The largest absolute Gasteiger partial charge is 0.494 e. The van der Waals surface area contributed by atoms with Gasteiger partial charge in [-0.15, -0.1) is 0 Å². The molecule has 0 radical (unpaired) electrons. The summed E-state index contributed by atoms with van der Waals surface area (Å²) in [6.45, 7) is 2.39. The number of ether oxygens (including phenoxy) is 2. The van der Waals surface area contributed by atoms with Crippen LogP contribution in [0.5, 0.6) is 11.5 Å². The molecule has 1 N–H and O–H groups in total. The zero-order valence-corrected chi connectivity index (χ0v) is 15.7. The van der Waals surface area contributed by atoms with Crippen LogP contribution in [-0.2, 0) is 4.79 Å². The molecule has 3 rings (SSSR count). The molecule has 0 saturated carbocycles. The number of rotatable bonds is 7. The van der Waals surface area contributed by atoms with Gasteiger partial charge >= 0.3 is 0 Å². The molecule has 0 atom stereocenters. The van der Waals surface area contributed by atoms with Crippen LogP contribution in [0, 0.1) is 0 Å². The molecular weight excluding hydrogens is 362 g/mol. The average molecular weight is 382 g/mol. The highest BCUT2D eigenvalue weighted by Gasteiger charge is 2.08. The van der Waals surface area contributed by atoms with Gasteiger partial charge in [-0.05, 0) is 54.4 Å². The van der Waals surface area contributed by atoms with Gasteiger partial charge in [0.25, 0.3) is 5.91 Å². The fourth-order valence-corrected chi connectivity index (χ4v) is 2.80. The predicted molar refractivity (Wildman–Crippen MR) is 109 cm³/mol. The second-order valence-electron chi connectivity index (χ2n) is 5.81. The summed E-state index contributed by atoms with van der Waals surface area (Å²) >= 11 is 6.30. The molecule has 4 nitrogen and oxygen atoms in total. The van der Waals surface area contributed by atoms with Crippen molar-refractivity contribution in [3.8, 4) is 22.6 Å². The molecule has 0 unspecified atom stereocenters. The van der Waals surface area contributed by atoms with Crippen molar-refractivity contribution in [3.05, 3.63) is 77.8 Å². The van der Waals surface area contributed by atoms with E-state index in [9.17, 15) is 4.79 Å². The monoisotopic (exact) mass is 381 g/mol. The molecule has 0 aliphatic heterocycles. The molecule has 0 saturated heterocycles. The van der Waals surface area contributed by atoms with Crippen LogP contribution in [0.3, 0.4) is 0 Å². The smallest absolute Gasteiger partial charge is 0.262 e. The molecule has 27 heavy (non-hydrogen) atoms. The van der Waals surface area contributed by atoms with Crippen LogP contribution in [-0.4, -0.2) is 19.1 Å². The predicted octanol–water partition coefficient (Wildman–Crippen LogP) is 5.42. The van der Waals surface area contributed by atoms with E-state index in [1.54, 1.807) is 30.3 Å². The van der Waals surface area contributed by atoms with E-state index < -0.39 is 0 Å². The molecule has 0 fully saturated rings. The molecule has 3 aromatic rings. The van der Waals surface area contributed by atoms with Gasteiger partial charge in [-0.25, -0.2) is 0 Å². The lowest BCUT2D eigenvalue weighted by molar-refractivity contribution is -0.118. The van der Waals surface area contributed by atoms with E-state index in [0.29, 0.717) is 23.1 Å². The molecule has 5 heteroatoms. The third kappa shape index (κ3) is 5.25. The lowest BCUT2D eigenvalue weighted by Crippen LogP contribution is -2.20. The average Bonchev–Trinajstić information content (AvgIpc) is 2.69. The van der Waals surface area contributed by atoms with E-state index in [1.807, 2.05) is 49.4 Å².